The van der Waals surface area contributed by atoms with Gasteiger partial charge in [0, 0.05) is 26.5 Å². The first-order chi connectivity index (χ1) is 21.5. The molecule has 13 nitrogen and oxygen atoms in total. The number of para-hydroxylation sites is 1. The van der Waals surface area contributed by atoms with E-state index in [1.807, 2.05) is 0 Å². The Morgan fingerprint density at radius 1 is 0.933 bits per heavy atom. The van der Waals surface area contributed by atoms with Crippen LogP contribution in [0.15, 0.2) is 66.2 Å². The van der Waals surface area contributed by atoms with Gasteiger partial charge in [0.25, 0.3) is 5.91 Å². The average molecular weight is 637 g/mol. The fourth-order valence-electron chi connectivity index (χ4n) is 5.58. The number of cyclic esters (lactones) is 2. The molecule has 2 aromatic carbocycles. The van der Waals surface area contributed by atoms with E-state index in [1.165, 1.54) is 16.7 Å². The van der Waals surface area contributed by atoms with Crippen molar-refractivity contribution in [2.75, 3.05) is 11.5 Å². The minimum Gasteiger partial charge on any atom is -0.462 e. The van der Waals surface area contributed by atoms with E-state index in [4.69, 9.17) is 35.9 Å². The maximum atomic E-state index is 14.7. The van der Waals surface area contributed by atoms with E-state index in [0.717, 1.165) is 13.8 Å². The maximum absolute atomic E-state index is 14.7. The summed E-state index contributed by atoms with van der Waals surface area (Å²) in [5, 5.41) is -0.0486. The Balaban J connectivity index is 1.67. The van der Waals surface area contributed by atoms with Crippen LogP contribution in [-0.2, 0) is 52.5 Å². The van der Waals surface area contributed by atoms with Gasteiger partial charge in [0.1, 0.15) is 18.8 Å². The molecular weight excluding hydrogens is 608 g/mol. The minimum atomic E-state index is -1.30. The molecule has 234 valence electrons. The molecule has 0 unspecified atom stereocenters. The van der Waals surface area contributed by atoms with Crippen LogP contribution in [0, 0.1) is 0 Å². The highest BCUT2D eigenvalue weighted by Crippen LogP contribution is 2.43. The lowest BCUT2D eigenvalue weighted by Gasteiger charge is -2.32. The Bertz CT molecular complexity index is 1590. The van der Waals surface area contributed by atoms with E-state index in [-0.39, 0.29) is 16.3 Å². The van der Waals surface area contributed by atoms with Crippen molar-refractivity contribution in [1.29, 1.82) is 0 Å². The molecule has 1 amide bonds. The van der Waals surface area contributed by atoms with Gasteiger partial charge >= 0.3 is 29.8 Å². The number of thiocarbonyl (C=S) groups is 1. The van der Waals surface area contributed by atoms with Crippen molar-refractivity contribution in [1.82, 2.24) is 4.90 Å². The highest BCUT2D eigenvalue weighted by atomic mass is 32.1. The van der Waals surface area contributed by atoms with Crippen molar-refractivity contribution in [3.05, 3.63) is 71.8 Å². The summed E-state index contributed by atoms with van der Waals surface area (Å²) in [6, 6.07) is 15.8. The number of hydrogen-bond acceptors (Lipinski definition) is 12. The summed E-state index contributed by atoms with van der Waals surface area (Å²) in [6.07, 6.45) is -5.33. The largest absolute Gasteiger partial charge is 0.462 e. The molecule has 3 fully saturated rings. The van der Waals surface area contributed by atoms with Crippen molar-refractivity contribution < 1.29 is 52.5 Å². The van der Waals surface area contributed by atoms with Crippen LogP contribution in [0.3, 0.4) is 0 Å². The lowest BCUT2D eigenvalue weighted by molar-refractivity contribution is -0.175. The van der Waals surface area contributed by atoms with Gasteiger partial charge in [0.2, 0.25) is 0 Å². The highest BCUT2D eigenvalue weighted by molar-refractivity contribution is 7.80. The third kappa shape index (κ3) is 6.33. The zero-order chi connectivity index (χ0) is 32.4. The number of esters is 5. The standard InChI is InChI=1S/C31H28N2O11S/c1-16(34)40-15-22(41-17(2)35)26-27(42-18(3)36)25-29(44-26)32(20-12-8-5-9-13-20)31(45)33(25)28(38)24(19-10-6-4-7-11-19)21-14-23(37)43-30(21)39/h4-13,22,25-27,29H,14-15H2,1-3H3/b24-21+/t22-,25-,26-,27-,29+/m1/s1. The zero-order valence-corrected chi connectivity index (χ0v) is 25.2. The number of carbonyl (C=O) groups excluding carboxylic acids is 6. The number of anilines is 1. The second-order valence-electron chi connectivity index (χ2n) is 10.3. The van der Waals surface area contributed by atoms with Crippen molar-refractivity contribution >= 4 is 64.3 Å². The topological polar surface area (TPSA) is 155 Å². The van der Waals surface area contributed by atoms with Gasteiger partial charge in [-0.2, -0.15) is 0 Å². The maximum Gasteiger partial charge on any atom is 0.343 e. The summed E-state index contributed by atoms with van der Waals surface area (Å²) in [7, 11) is 0. The molecule has 0 aromatic heterocycles. The Labute approximate surface area is 262 Å². The van der Waals surface area contributed by atoms with Crippen LogP contribution in [-0.4, -0.2) is 83.0 Å². The molecule has 5 rings (SSSR count). The van der Waals surface area contributed by atoms with Crippen LogP contribution >= 0.6 is 12.2 Å². The van der Waals surface area contributed by atoms with Gasteiger partial charge in [-0.1, -0.05) is 48.5 Å². The fourth-order valence-corrected chi connectivity index (χ4v) is 5.99. The van der Waals surface area contributed by atoms with Gasteiger partial charge < -0.3 is 23.7 Å². The van der Waals surface area contributed by atoms with Gasteiger partial charge in [0.05, 0.1) is 17.6 Å². The van der Waals surface area contributed by atoms with E-state index in [2.05, 4.69) is 0 Å². The first-order valence-electron chi connectivity index (χ1n) is 13.9. The lowest BCUT2D eigenvalue weighted by Crippen LogP contribution is -2.52. The highest BCUT2D eigenvalue weighted by Gasteiger charge is 2.62. The number of benzene rings is 2. The van der Waals surface area contributed by atoms with E-state index < -0.39 is 79.4 Å². The molecule has 0 saturated carbocycles. The second-order valence-corrected chi connectivity index (χ2v) is 10.7. The normalized spacial score (nSPS) is 24.1. The molecule has 0 N–H and O–H groups in total. The predicted molar refractivity (Wildman–Crippen MR) is 158 cm³/mol. The Morgan fingerprint density at radius 2 is 1.58 bits per heavy atom. The summed E-state index contributed by atoms with van der Waals surface area (Å²) >= 11 is 5.85. The first kappa shape index (κ1) is 31.5. The van der Waals surface area contributed by atoms with Crippen LogP contribution in [0.25, 0.3) is 5.57 Å². The first-order valence-corrected chi connectivity index (χ1v) is 14.3. The summed E-state index contributed by atoms with van der Waals surface area (Å²) in [4.78, 5) is 78.6. The Hall–Kier alpha value is -4.95. The SMILES string of the molecule is CC(=O)OC[C@@H](OC(C)=O)[C@H]1O[C@H]2[C@@H]([C@H]1OC(C)=O)N(C(=O)/C(=C1\CC(=O)OC1=O)c1ccccc1)C(=S)N2c1ccccc1. The van der Waals surface area contributed by atoms with Crippen LogP contribution < -0.4 is 4.90 Å². The van der Waals surface area contributed by atoms with Gasteiger partial charge in [0.15, 0.2) is 23.5 Å². The Morgan fingerprint density at radius 3 is 2.13 bits per heavy atom. The number of ether oxygens (including phenoxy) is 5. The van der Waals surface area contributed by atoms with Crippen molar-refractivity contribution in [3.63, 3.8) is 0 Å². The number of rotatable bonds is 8. The number of nitrogens with zero attached hydrogens (tertiary/aromatic N) is 2. The van der Waals surface area contributed by atoms with Gasteiger partial charge in [-0.3, -0.25) is 33.8 Å². The van der Waals surface area contributed by atoms with Crippen molar-refractivity contribution in [3.8, 4) is 0 Å². The van der Waals surface area contributed by atoms with Crippen molar-refractivity contribution in [2.24, 2.45) is 0 Å². The molecule has 3 saturated heterocycles. The number of fused-ring (bicyclic) bond motifs is 1. The van der Waals surface area contributed by atoms with Crippen LogP contribution in [0.4, 0.5) is 5.69 Å². The molecule has 3 heterocycles. The number of hydrogen-bond donors (Lipinski definition) is 0. The van der Waals surface area contributed by atoms with E-state index in [1.54, 1.807) is 60.7 Å². The van der Waals surface area contributed by atoms with Gasteiger partial charge in [-0.15, -0.1) is 0 Å². The predicted octanol–water partition coefficient (Wildman–Crippen LogP) is 2.07. The molecule has 0 bridgehead atoms. The van der Waals surface area contributed by atoms with E-state index in [0.29, 0.717) is 11.3 Å². The molecule has 45 heavy (non-hydrogen) atoms. The third-order valence-electron chi connectivity index (χ3n) is 7.26. The number of carbonyl (C=O) groups is 6. The summed E-state index contributed by atoms with van der Waals surface area (Å²) in [5.74, 6) is -4.70. The van der Waals surface area contributed by atoms with Crippen LogP contribution in [0.1, 0.15) is 32.8 Å². The third-order valence-corrected chi connectivity index (χ3v) is 7.65. The monoisotopic (exact) mass is 636 g/mol. The van der Waals surface area contributed by atoms with E-state index >= 15 is 0 Å². The lowest BCUT2D eigenvalue weighted by atomic mass is 9.96. The summed E-state index contributed by atoms with van der Waals surface area (Å²) in [5.41, 5.74) is 0.530. The van der Waals surface area contributed by atoms with E-state index in [9.17, 15) is 28.8 Å². The molecule has 3 aliphatic heterocycles. The summed E-state index contributed by atoms with van der Waals surface area (Å²) < 4.78 is 27.5. The molecular formula is C31H28N2O11S. The van der Waals surface area contributed by atoms with Crippen LogP contribution in [0.2, 0.25) is 0 Å². The molecule has 3 aliphatic rings. The fraction of sp³-hybridized carbons (Fsp3) is 0.323. The molecule has 0 aliphatic carbocycles. The van der Waals surface area contributed by atoms with Gasteiger partial charge in [-0.25, -0.2) is 4.79 Å². The molecule has 5 atom stereocenters. The van der Waals surface area contributed by atoms with Crippen LogP contribution in [0.5, 0.6) is 0 Å². The smallest absolute Gasteiger partial charge is 0.343 e. The minimum absolute atomic E-state index is 0.0486. The Kier molecular flexibility index (Phi) is 9.06. The zero-order valence-electron chi connectivity index (χ0n) is 24.4. The summed E-state index contributed by atoms with van der Waals surface area (Å²) in [6.45, 7) is 3.04. The quantitative estimate of drug-likeness (QED) is 0.137. The molecule has 0 spiro atoms. The molecule has 0 radical (unpaired) electrons. The number of amides is 1. The van der Waals surface area contributed by atoms with Gasteiger partial charge in [-0.05, 0) is 29.9 Å². The average Bonchev–Trinajstić information content (AvgIpc) is 3.60. The molecule has 14 heteroatoms. The second kappa shape index (κ2) is 13.0. The van der Waals surface area contributed by atoms with Crippen molar-refractivity contribution in [2.45, 2.75) is 57.8 Å². The molecule has 2 aromatic rings.